The maximum absolute atomic E-state index is 11.8. The highest BCUT2D eigenvalue weighted by Crippen LogP contribution is 2.41. The number of nitrogens with one attached hydrogen (secondary N) is 2. The first kappa shape index (κ1) is 12.5. The second kappa shape index (κ2) is 4.23. The van der Waals surface area contributed by atoms with Crippen LogP contribution in [-0.2, 0) is 4.79 Å². The van der Waals surface area contributed by atoms with Crippen LogP contribution in [0.5, 0.6) is 0 Å². The number of anilines is 2. The van der Waals surface area contributed by atoms with Gasteiger partial charge in [0.05, 0.1) is 28.3 Å². The number of amides is 1. The van der Waals surface area contributed by atoms with Crippen LogP contribution in [0.25, 0.3) is 11.5 Å². The number of aryl methyl sites for hydroxylation is 2. The van der Waals surface area contributed by atoms with Gasteiger partial charge in [0, 0.05) is 0 Å². The van der Waals surface area contributed by atoms with Crippen molar-refractivity contribution >= 4 is 17.3 Å². The molecule has 1 amide bonds. The number of benzene rings is 1. The van der Waals surface area contributed by atoms with Gasteiger partial charge in [0.1, 0.15) is 6.26 Å². The third-order valence-corrected chi connectivity index (χ3v) is 3.48. The molecule has 1 aliphatic heterocycles. The minimum Gasteiger partial charge on any atom is -0.444 e. The molecule has 0 saturated carbocycles. The van der Waals surface area contributed by atoms with E-state index >= 15 is 0 Å². The molecule has 102 valence electrons. The Bertz CT molecular complexity index is 744. The van der Waals surface area contributed by atoms with Gasteiger partial charge in [-0.15, -0.1) is 0 Å². The Balaban J connectivity index is 2.28. The zero-order chi connectivity index (χ0) is 14.4. The molecule has 2 aromatic rings. The van der Waals surface area contributed by atoms with Crippen molar-refractivity contribution in [2.45, 2.75) is 20.8 Å². The lowest BCUT2D eigenvalue weighted by Crippen LogP contribution is -2.25. The van der Waals surface area contributed by atoms with Crippen molar-refractivity contribution < 1.29 is 9.21 Å². The highest BCUT2D eigenvalue weighted by Gasteiger charge is 2.25. The molecule has 0 spiro atoms. The summed E-state index contributed by atoms with van der Waals surface area (Å²) in [5.41, 5.74) is 5.55. The van der Waals surface area contributed by atoms with E-state index in [9.17, 15) is 4.79 Å². The third kappa shape index (κ3) is 1.79. The lowest BCUT2D eigenvalue weighted by molar-refractivity contribution is -0.112. The zero-order valence-electron chi connectivity index (χ0n) is 11.6. The summed E-state index contributed by atoms with van der Waals surface area (Å²) in [5, 5.41) is 5.87. The molecular weight excluding hydrogens is 254 g/mol. The predicted octanol–water partition coefficient (Wildman–Crippen LogP) is 3.14. The van der Waals surface area contributed by atoms with Crippen molar-refractivity contribution in [1.82, 2.24) is 4.98 Å². The second-order valence-electron chi connectivity index (χ2n) is 4.97. The Morgan fingerprint density at radius 1 is 1.25 bits per heavy atom. The smallest absolute Gasteiger partial charge is 0.271 e. The molecule has 5 nitrogen and oxygen atoms in total. The van der Waals surface area contributed by atoms with E-state index in [0.717, 1.165) is 28.1 Å². The number of hydrogen-bond acceptors (Lipinski definition) is 4. The van der Waals surface area contributed by atoms with Crippen LogP contribution in [-0.4, -0.2) is 10.9 Å². The summed E-state index contributed by atoms with van der Waals surface area (Å²) in [5.74, 6) is 0.264. The van der Waals surface area contributed by atoms with Gasteiger partial charge in [0.15, 0.2) is 0 Å². The molecule has 0 atom stereocenters. The van der Waals surface area contributed by atoms with Crippen LogP contribution in [0.3, 0.4) is 0 Å². The zero-order valence-corrected chi connectivity index (χ0v) is 11.6. The normalized spacial score (nSPS) is 13.8. The van der Waals surface area contributed by atoms with Crippen molar-refractivity contribution in [1.29, 1.82) is 0 Å². The van der Waals surface area contributed by atoms with Gasteiger partial charge < -0.3 is 15.1 Å². The molecule has 0 radical (unpaired) electrons. The maximum atomic E-state index is 11.8. The van der Waals surface area contributed by atoms with E-state index in [1.165, 1.54) is 0 Å². The van der Waals surface area contributed by atoms with Gasteiger partial charge >= 0.3 is 0 Å². The van der Waals surface area contributed by atoms with Crippen molar-refractivity contribution in [2.24, 2.45) is 0 Å². The minimum absolute atomic E-state index is 0.245. The number of rotatable bonds is 1. The molecule has 0 bridgehead atoms. The van der Waals surface area contributed by atoms with E-state index in [-0.39, 0.29) is 5.91 Å². The summed E-state index contributed by atoms with van der Waals surface area (Å²) in [4.78, 5) is 16.2. The molecular formula is C15H15N3O2. The molecule has 5 heteroatoms. The Labute approximate surface area is 116 Å². The number of aromatic nitrogens is 1. The van der Waals surface area contributed by atoms with Crippen LogP contribution in [0.15, 0.2) is 29.0 Å². The molecule has 20 heavy (non-hydrogen) atoms. The Kier molecular flexibility index (Phi) is 2.64. The molecule has 3 rings (SSSR count). The monoisotopic (exact) mass is 269 g/mol. The molecule has 2 N–H and O–H groups in total. The van der Waals surface area contributed by atoms with Crippen LogP contribution in [0, 0.1) is 20.8 Å². The highest BCUT2D eigenvalue weighted by molar-refractivity contribution is 6.13. The van der Waals surface area contributed by atoms with Gasteiger partial charge in [-0.25, -0.2) is 4.98 Å². The average Bonchev–Trinajstić information content (AvgIpc) is 2.80. The Hall–Kier alpha value is -2.56. The van der Waals surface area contributed by atoms with Crippen LogP contribution < -0.4 is 10.6 Å². The highest BCUT2D eigenvalue weighted by atomic mass is 16.3. The fourth-order valence-electron chi connectivity index (χ4n) is 2.29. The molecule has 1 aromatic heterocycles. The molecule has 1 aromatic carbocycles. The summed E-state index contributed by atoms with van der Waals surface area (Å²) in [6.45, 7) is 9.55. The summed E-state index contributed by atoms with van der Waals surface area (Å²) in [7, 11) is 0. The fourth-order valence-corrected chi connectivity index (χ4v) is 2.29. The largest absolute Gasteiger partial charge is 0.444 e. The van der Waals surface area contributed by atoms with Gasteiger partial charge in [-0.3, -0.25) is 4.79 Å². The molecule has 0 aliphatic carbocycles. The van der Waals surface area contributed by atoms with Crippen molar-refractivity contribution in [3.05, 3.63) is 41.4 Å². The number of nitrogens with zero attached hydrogens (tertiary/aromatic N) is 1. The topological polar surface area (TPSA) is 67.2 Å². The quantitative estimate of drug-likeness (QED) is 0.780. The summed E-state index contributed by atoms with van der Waals surface area (Å²) in [6.07, 6.45) is 1.60. The van der Waals surface area contributed by atoms with Crippen molar-refractivity contribution in [3.8, 4) is 11.5 Å². The molecule has 0 unspecified atom stereocenters. The first-order chi connectivity index (χ1) is 9.47. The van der Waals surface area contributed by atoms with Gasteiger partial charge in [-0.1, -0.05) is 6.58 Å². The minimum atomic E-state index is -0.245. The predicted molar refractivity (Wildman–Crippen MR) is 77.5 cm³/mol. The lowest BCUT2D eigenvalue weighted by Gasteiger charge is -2.24. The SMILES string of the molecule is C=C1Nc2cc(C)c(C)c(-c3nc(C)co3)c2NC1=O. The number of carbonyl (C=O) groups excluding carboxylic acids is 1. The van der Waals surface area contributed by atoms with Gasteiger partial charge in [0.25, 0.3) is 5.91 Å². The standard InChI is InChI=1S/C15H15N3O2/c1-7-5-11-13(18-14(19)10(4)17-11)12(9(7)3)15-16-8(2)6-20-15/h5-6,17H,4H2,1-3H3,(H,18,19). The van der Waals surface area contributed by atoms with Crippen LogP contribution in [0.1, 0.15) is 16.8 Å². The van der Waals surface area contributed by atoms with E-state index in [4.69, 9.17) is 4.42 Å². The first-order valence-electron chi connectivity index (χ1n) is 6.31. The molecule has 0 fully saturated rings. The van der Waals surface area contributed by atoms with Crippen molar-refractivity contribution in [3.63, 3.8) is 0 Å². The molecule has 1 aliphatic rings. The number of fused-ring (bicyclic) bond motifs is 1. The van der Waals surface area contributed by atoms with E-state index in [0.29, 0.717) is 17.3 Å². The summed E-state index contributed by atoms with van der Waals surface area (Å²) < 4.78 is 5.50. The fraction of sp³-hybridized carbons (Fsp3) is 0.200. The van der Waals surface area contributed by atoms with E-state index in [1.54, 1.807) is 6.26 Å². The molecule has 2 heterocycles. The number of hydrogen-bond donors (Lipinski definition) is 2. The maximum Gasteiger partial charge on any atom is 0.271 e. The van der Waals surface area contributed by atoms with Crippen LogP contribution in [0.2, 0.25) is 0 Å². The van der Waals surface area contributed by atoms with Crippen LogP contribution >= 0.6 is 0 Å². The summed E-state index contributed by atoms with van der Waals surface area (Å²) in [6, 6.07) is 1.98. The van der Waals surface area contributed by atoms with Gasteiger partial charge in [0.2, 0.25) is 5.89 Å². The summed E-state index contributed by atoms with van der Waals surface area (Å²) >= 11 is 0. The number of oxazole rings is 1. The average molecular weight is 269 g/mol. The van der Waals surface area contributed by atoms with E-state index < -0.39 is 0 Å². The van der Waals surface area contributed by atoms with Crippen LogP contribution in [0.4, 0.5) is 11.4 Å². The third-order valence-electron chi connectivity index (χ3n) is 3.48. The second-order valence-corrected chi connectivity index (χ2v) is 4.97. The Morgan fingerprint density at radius 3 is 2.65 bits per heavy atom. The first-order valence-corrected chi connectivity index (χ1v) is 6.31. The van der Waals surface area contributed by atoms with Gasteiger partial charge in [-0.05, 0) is 38.0 Å². The molecule has 0 saturated heterocycles. The van der Waals surface area contributed by atoms with E-state index in [2.05, 4.69) is 22.2 Å². The van der Waals surface area contributed by atoms with Crippen molar-refractivity contribution in [2.75, 3.05) is 10.6 Å². The van der Waals surface area contributed by atoms with E-state index in [1.807, 2.05) is 26.8 Å². The van der Waals surface area contributed by atoms with Gasteiger partial charge in [-0.2, -0.15) is 0 Å². The lowest BCUT2D eigenvalue weighted by atomic mass is 9.98. The number of carbonyl (C=O) groups is 1. The Morgan fingerprint density at radius 2 is 2.00 bits per heavy atom.